The molecule has 0 amide bonds. The van der Waals surface area contributed by atoms with Gasteiger partial charge in [-0.3, -0.25) is 9.59 Å². The molecular weight excluding hydrogens is 320 g/mol. The Morgan fingerprint density at radius 1 is 1.12 bits per heavy atom. The van der Waals surface area contributed by atoms with Crippen LogP contribution in [0.1, 0.15) is 22.3 Å². The quantitative estimate of drug-likeness (QED) is 0.393. The van der Waals surface area contributed by atoms with Crippen LogP contribution in [0.25, 0.3) is 0 Å². The maximum atomic E-state index is 11.6. The van der Waals surface area contributed by atoms with Crippen molar-refractivity contribution in [3.8, 4) is 17.2 Å². The smallest absolute Gasteiger partial charge is 0.306 e. The Kier molecular flexibility index (Phi) is 6.77. The SMILES string of the molecule is C=CCOC(=O)CCc1ccc(OC)c(Oc2ccc(C=O)cc2)c1. The highest BCUT2D eigenvalue weighted by Crippen LogP contribution is 2.32. The van der Waals surface area contributed by atoms with Crippen LogP contribution in [0.2, 0.25) is 0 Å². The van der Waals surface area contributed by atoms with Crippen LogP contribution in [0.4, 0.5) is 0 Å². The second-order valence-electron chi connectivity index (χ2n) is 5.25. The van der Waals surface area contributed by atoms with Gasteiger partial charge in [0.25, 0.3) is 0 Å². The van der Waals surface area contributed by atoms with Gasteiger partial charge in [0.05, 0.1) is 7.11 Å². The van der Waals surface area contributed by atoms with Gasteiger partial charge in [0.1, 0.15) is 18.6 Å². The van der Waals surface area contributed by atoms with E-state index in [4.69, 9.17) is 14.2 Å². The molecule has 25 heavy (non-hydrogen) atoms. The Labute approximate surface area is 146 Å². The van der Waals surface area contributed by atoms with E-state index in [0.717, 1.165) is 11.8 Å². The van der Waals surface area contributed by atoms with Crippen molar-refractivity contribution in [3.05, 3.63) is 66.2 Å². The Hall–Kier alpha value is -3.08. The normalized spacial score (nSPS) is 9.96. The number of aryl methyl sites for hydroxylation is 1. The first kappa shape index (κ1) is 18.3. The lowest BCUT2D eigenvalue weighted by Gasteiger charge is -2.12. The molecule has 0 spiro atoms. The molecule has 0 aromatic heterocycles. The fourth-order valence-electron chi connectivity index (χ4n) is 2.17. The van der Waals surface area contributed by atoms with Crippen molar-refractivity contribution in [1.82, 2.24) is 0 Å². The van der Waals surface area contributed by atoms with Crippen LogP contribution < -0.4 is 9.47 Å². The lowest BCUT2D eigenvalue weighted by atomic mass is 10.1. The van der Waals surface area contributed by atoms with E-state index in [2.05, 4.69) is 6.58 Å². The van der Waals surface area contributed by atoms with Crippen LogP contribution in [-0.4, -0.2) is 26.0 Å². The number of aldehydes is 1. The van der Waals surface area contributed by atoms with E-state index in [1.807, 2.05) is 12.1 Å². The van der Waals surface area contributed by atoms with Crippen molar-refractivity contribution in [2.75, 3.05) is 13.7 Å². The average Bonchev–Trinajstić information content (AvgIpc) is 2.65. The van der Waals surface area contributed by atoms with Crippen molar-refractivity contribution >= 4 is 12.3 Å². The van der Waals surface area contributed by atoms with Gasteiger partial charge >= 0.3 is 5.97 Å². The third-order valence-electron chi connectivity index (χ3n) is 3.45. The summed E-state index contributed by atoms with van der Waals surface area (Å²) >= 11 is 0. The lowest BCUT2D eigenvalue weighted by molar-refractivity contribution is -0.142. The Morgan fingerprint density at radius 2 is 1.88 bits per heavy atom. The van der Waals surface area contributed by atoms with Crippen LogP contribution in [0.3, 0.4) is 0 Å². The van der Waals surface area contributed by atoms with E-state index in [1.54, 1.807) is 37.4 Å². The number of methoxy groups -OCH3 is 1. The first-order valence-corrected chi connectivity index (χ1v) is 7.82. The number of hydrogen-bond acceptors (Lipinski definition) is 5. The Morgan fingerprint density at radius 3 is 2.52 bits per heavy atom. The molecule has 2 aromatic rings. The van der Waals surface area contributed by atoms with E-state index in [9.17, 15) is 9.59 Å². The van der Waals surface area contributed by atoms with Gasteiger partial charge < -0.3 is 14.2 Å². The first-order valence-electron chi connectivity index (χ1n) is 7.82. The summed E-state index contributed by atoms with van der Waals surface area (Å²) in [5.41, 5.74) is 1.50. The molecule has 0 aliphatic rings. The van der Waals surface area contributed by atoms with Gasteiger partial charge in [-0.15, -0.1) is 0 Å². The molecule has 5 nitrogen and oxygen atoms in total. The van der Waals surface area contributed by atoms with E-state index in [0.29, 0.717) is 29.2 Å². The highest BCUT2D eigenvalue weighted by molar-refractivity contribution is 5.74. The molecule has 0 unspecified atom stereocenters. The summed E-state index contributed by atoms with van der Waals surface area (Å²) in [4.78, 5) is 22.3. The Balaban J connectivity index is 2.08. The molecule has 5 heteroatoms. The van der Waals surface area contributed by atoms with Crippen LogP contribution >= 0.6 is 0 Å². The van der Waals surface area contributed by atoms with Crippen molar-refractivity contribution in [3.63, 3.8) is 0 Å². The molecule has 0 bridgehead atoms. The molecule has 0 N–H and O–H groups in total. The van der Waals surface area contributed by atoms with Gasteiger partial charge in [0.15, 0.2) is 11.5 Å². The van der Waals surface area contributed by atoms with Crippen LogP contribution in [0, 0.1) is 0 Å². The van der Waals surface area contributed by atoms with Crippen LogP contribution in [0.5, 0.6) is 17.2 Å². The highest BCUT2D eigenvalue weighted by Gasteiger charge is 2.09. The van der Waals surface area contributed by atoms with E-state index in [1.165, 1.54) is 6.08 Å². The number of benzene rings is 2. The standard InChI is InChI=1S/C20H20O5/c1-3-12-24-20(22)11-7-15-6-10-18(23-2)19(13-15)25-17-8-4-16(14-21)5-9-17/h3-6,8-10,13-14H,1,7,11-12H2,2H3. The number of ether oxygens (including phenoxy) is 3. The lowest BCUT2D eigenvalue weighted by Crippen LogP contribution is -2.05. The second kappa shape index (κ2) is 9.27. The van der Waals surface area contributed by atoms with E-state index in [-0.39, 0.29) is 19.0 Å². The molecule has 130 valence electrons. The Bertz CT molecular complexity index is 734. The molecule has 0 heterocycles. The summed E-state index contributed by atoms with van der Waals surface area (Å²) in [6, 6.07) is 12.3. The number of carbonyl (C=O) groups is 2. The van der Waals surface area contributed by atoms with Gasteiger partial charge in [-0.25, -0.2) is 0 Å². The zero-order valence-corrected chi connectivity index (χ0v) is 14.1. The molecular formula is C20H20O5. The predicted molar refractivity (Wildman–Crippen MR) is 94.4 cm³/mol. The molecule has 0 aliphatic carbocycles. The minimum Gasteiger partial charge on any atom is -0.493 e. The zero-order chi connectivity index (χ0) is 18.1. The molecule has 0 saturated carbocycles. The number of esters is 1. The zero-order valence-electron chi connectivity index (χ0n) is 14.1. The summed E-state index contributed by atoms with van der Waals surface area (Å²) in [7, 11) is 1.56. The fourth-order valence-corrected chi connectivity index (χ4v) is 2.17. The van der Waals surface area contributed by atoms with E-state index >= 15 is 0 Å². The number of carbonyl (C=O) groups excluding carboxylic acids is 2. The minimum absolute atomic E-state index is 0.215. The molecule has 2 rings (SSSR count). The van der Waals surface area contributed by atoms with Gasteiger partial charge in [-0.2, -0.15) is 0 Å². The topological polar surface area (TPSA) is 61.8 Å². The summed E-state index contributed by atoms with van der Waals surface area (Å²) in [6.07, 6.45) is 3.11. The van der Waals surface area contributed by atoms with Crippen molar-refractivity contribution in [1.29, 1.82) is 0 Å². The first-order chi connectivity index (χ1) is 12.2. The summed E-state index contributed by atoms with van der Waals surface area (Å²) in [6.45, 7) is 3.72. The van der Waals surface area contributed by atoms with Gasteiger partial charge in [0, 0.05) is 12.0 Å². The van der Waals surface area contributed by atoms with Crippen LogP contribution in [0.15, 0.2) is 55.1 Å². The molecule has 0 aliphatic heterocycles. The predicted octanol–water partition coefficient (Wildman–Crippen LogP) is 3.96. The average molecular weight is 340 g/mol. The maximum absolute atomic E-state index is 11.6. The molecule has 0 saturated heterocycles. The highest BCUT2D eigenvalue weighted by atomic mass is 16.5. The monoisotopic (exact) mass is 340 g/mol. The van der Waals surface area contributed by atoms with Crippen molar-refractivity contribution in [2.24, 2.45) is 0 Å². The van der Waals surface area contributed by atoms with Crippen molar-refractivity contribution in [2.45, 2.75) is 12.8 Å². The van der Waals surface area contributed by atoms with Crippen LogP contribution in [-0.2, 0) is 16.0 Å². The summed E-state index contributed by atoms with van der Waals surface area (Å²) < 4.78 is 16.1. The fraction of sp³-hybridized carbons (Fsp3) is 0.200. The molecule has 0 atom stereocenters. The van der Waals surface area contributed by atoms with Crippen molar-refractivity contribution < 1.29 is 23.8 Å². The number of hydrogen-bond donors (Lipinski definition) is 0. The van der Waals surface area contributed by atoms with Gasteiger partial charge in [-0.05, 0) is 48.4 Å². The largest absolute Gasteiger partial charge is 0.493 e. The molecule has 2 aromatic carbocycles. The maximum Gasteiger partial charge on any atom is 0.306 e. The van der Waals surface area contributed by atoms with Gasteiger partial charge in [0.2, 0.25) is 0 Å². The summed E-state index contributed by atoms with van der Waals surface area (Å²) in [5.74, 6) is 1.44. The molecule has 0 fully saturated rings. The third-order valence-corrected chi connectivity index (χ3v) is 3.45. The second-order valence-corrected chi connectivity index (χ2v) is 5.25. The number of rotatable bonds is 9. The molecule has 0 radical (unpaired) electrons. The van der Waals surface area contributed by atoms with E-state index < -0.39 is 0 Å². The summed E-state index contributed by atoms with van der Waals surface area (Å²) in [5, 5.41) is 0. The third kappa shape index (κ3) is 5.49. The minimum atomic E-state index is -0.275. The van der Waals surface area contributed by atoms with Gasteiger partial charge in [-0.1, -0.05) is 18.7 Å².